The molecule has 1 amide bonds. The van der Waals surface area contributed by atoms with Crippen LogP contribution >= 0.6 is 0 Å². The first-order valence-corrected chi connectivity index (χ1v) is 9.70. The first-order valence-electron chi connectivity index (χ1n) is 9.70. The van der Waals surface area contributed by atoms with Crippen molar-refractivity contribution in [2.75, 3.05) is 10.6 Å². The number of carbonyl (C=O) groups is 1. The molecule has 0 bridgehead atoms. The SMILES string of the molecule is CC(Nc1ccc2c(c1)CCC2)C(=O)Nc1cc(C(F)(F)F)ccc1-n1ccnc1. The molecule has 1 aromatic heterocycles. The van der Waals surface area contributed by atoms with E-state index in [0.29, 0.717) is 5.69 Å². The zero-order valence-corrected chi connectivity index (χ0v) is 16.3. The predicted molar refractivity (Wildman–Crippen MR) is 109 cm³/mol. The van der Waals surface area contributed by atoms with Crippen molar-refractivity contribution >= 4 is 17.3 Å². The molecule has 1 aliphatic carbocycles. The van der Waals surface area contributed by atoms with Gasteiger partial charge in [0.2, 0.25) is 5.91 Å². The fourth-order valence-corrected chi connectivity index (χ4v) is 3.66. The maximum atomic E-state index is 13.2. The van der Waals surface area contributed by atoms with Crippen LogP contribution < -0.4 is 10.6 Å². The highest BCUT2D eigenvalue weighted by Crippen LogP contribution is 2.33. The van der Waals surface area contributed by atoms with Crippen LogP contribution in [0.4, 0.5) is 24.5 Å². The number of anilines is 2. The summed E-state index contributed by atoms with van der Waals surface area (Å²) in [5, 5.41) is 5.77. The number of alkyl halides is 3. The summed E-state index contributed by atoms with van der Waals surface area (Å²) in [5.74, 6) is -0.434. The van der Waals surface area contributed by atoms with E-state index in [2.05, 4.69) is 21.7 Å². The van der Waals surface area contributed by atoms with Crippen LogP contribution in [0, 0.1) is 0 Å². The van der Waals surface area contributed by atoms with Crippen LogP contribution in [0.3, 0.4) is 0 Å². The summed E-state index contributed by atoms with van der Waals surface area (Å²) in [6.07, 6.45) is 3.28. The van der Waals surface area contributed by atoms with E-state index in [9.17, 15) is 18.0 Å². The number of rotatable bonds is 5. The number of benzene rings is 2. The van der Waals surface area contributed by atoms with Crippen LogP contribution in [0.15, 0.2) is 55.1 Å². The molecule has 0 saturated carbocycles. The van der Waals surface area contributed by atoms with Gasteiger partial charge in [0.05, 0.1) is 23.3 Å². The summed E-state index contributed by atoms with van der Waals surface area (Å²) < 4.78 is 41.1. The van der Waals surface area contributed by atoms with Crippen LogP contribution in [-0.4, -0.2) is 21.5 Å². The lowest BCUT2D eigenvalue weighted by Gasteiger charge is -2.19. The molecule has 0 spiro atoms. The minimum absolute atomic E-state index is 0.0652. The highest BCUT2D eigenvalue weighted by Gasteiger charge is 2.31. The number of carbonyl (C=O) groups excluding carboxylic acids is 1. The number of aromatic nitrogens is 2. The summed E-state index contributed by atoms with van der Waals surface area (Å²) >= 11 is 0. The maximum Gasteiger partial charge on any atom is 0.416 e. The van der Waals surface area contributed by atoms with Gasteiger partial charge in [-0.2, -0.15) is 13.2 Å². The van der Waals surface area contributed by atoms with E-state index in [4.69, 9.17) is 0 Å². The second-order valence-electron chi connectivity index (χ2n) is 7.39. The van der Waals surface area contributed by atoms with Crippen molar-refractivity contribution in [2.24, 2.45) is 0 Å². The smallest absolute Gasteiger partial charge is 0.374 e. The number of fused-ring (bicyclic) bond motifs is 1. The monoisotopic (exact) mass is 414 g/mol. The molecule has 156 valence electrons. The number of nitrogens with one attached hydrogen (secondary N) is 2. The Kier molecular flexibility index (Phi) is 5.24. The number of halogens is 3. The lowest BCUT2D eigenvalue weighted by Crippen LogP contribution is -2.32. The van der Waals surface area contributed by atoms with Gasteiger partial charge in [0.25, 0.3) is 0 Å². The second-order valence-corrected chi connectivity index (χ2v) is 7.39. The fraction of sp³-hybridized carbons (Fsp3) is 0.273. The molecule has 1 atom stereocenters. The molecular weight excluding hydrogens is 393 g/mol. The Morgan fingerprint density at radius 1 is 1.13 bits per heavy atom. The third-order valence-corrected chi connectivity index (χ3v) is 5.24. The highest BCUT2D eigenvalue weighted by molar-refractivity contribution is 5.98. The third kappa shape index (κ3) is 4.17. The molecule has 3 aromatic rings. The Labute approximate surface area is 171 Å². The summed E-state index contributed by atoms with van der Waals surface area (Å²) in [6.45, 7) is 1.67. The van der Waals surface area contributed by atoms with E-state index in [1.54, 1.807) is 17.7 Å². The van der Waals surface area contributed by atoms with Crippen molar-refractivity contribution in [1.82, 2.24) is 9.55 Å². The van der Waals surface area contributed by atoms with Crippen LogP contribution in [0.5, 0.6) is 0 Å². The van der Waals surface area contributed by atoms with E-state index in [1.807, 2.05) is 12.1 Å². The van der Waals surface area contributed by atoms with E-state index in [0.717, 1.165) is 37.1 Å². The molecule has 1 unspecified atom stereocenters. The van der Waals surface area contributed by atoms with Gasteiger partial charge < -0.3 is 15.2 Å². The number of amides is 1. The Morgan fingerprint density at radius 2 is 1.93 bits per heavy atom. The first-order chi connectivity index (χ1) is 14.3. The van der Waals surface area contributed by atoms with Crippen LogP contribution in [0.25, 0.3) is 5.69 Å². The van der Waals surface area contributed by atoms with Gasteiger partial charge in [-0.3, -0.25) is 4.79 Å². The molecule has 0 saturated heterocycles. The van der Waals surface area contributed by atoms with E-state index in [1.165, 1.54) is 29.7 Å². The molecule has 1 heterocycles. The van der Waals surface area contributed by atoms with Gasteiger partial charge in [-0.05, 0) is 67.6 Å². The highest BCUT2D eigenvalue weighted by atomic mass is 19.4. The molecular formula is C22H21F3N4O. The standard InChI is InChI=1S/C22H21F3N4O/c1-14(27-18-7-5-15-3-2-4-16(15)11-18)21(30)28-19-12-17(22(23,24)25)6-8-20(19)29-10-9-26-13-29/h5-14,27H,2-4H2,1H3,(H,28,30). The lowest BCUT2D eigenvalue weighted by molar-refractivity contribution is -0.137. The molecule has 0 radical (unpaired) electrons. The van der Waals surface area contributed by atoms with Gasteiger partial charge in [0.15, 0.2) is 0 Å². The zero-order valence-electron chi connectivity index (χ0n) is 16.3. The normalized spacial score (nSPS) is 14.3. The fourth-order valence-electron chi connectivity index (χ4n) is 3.66. The van der Waals surface area contributed by atoms with Gasteiger partial charge in [-0.15, -0.1) is 0 Å². The minimum atomic E-state index is -4.51. The molecule has 4 rings (SSSR count). The summed E-state index contributed by atoms with van der Waals surface area (Å²) in [7, 11) is 0. The zero-order chi connectivity index (χ0) is 21.3. The molecule has 2 N–H and O–H groups in total. The Hall–Kier alpha value is -3.29. The average Bonchev–Trinajstić information content (AvgIpc) is 3.38. The van der Waals surface area contributed by atoms with Crippen molar-refractivity contribution in [1.29, 1.82) is 0 Å². The van der Waals surface area contributed by atoms with E-state index < -0.39 is 23.7 Å². The van der Waals surface area contributed by atoms with Crippen molar-refractivity contribution in [3.05, 3.63) is 71.8 Å². The van der Waals surface area contributed by atoms with Gasteiger partial charge in [0.1, 0.15) is 6.04 Å². The summed E-state index contributed by atoms with van der Waals surface area (Å²) in [6, 6.07) is 8.61. The number of hydrogen-bond donors (Lipinski definition) is 2. The maximum absolute atomic E-state index is 13.2. The van der Waals surface area contributed by atoms with Crippen LogP contribution in [0.1, 0.15) is 30.0 Å². The molecule has 5 nitrogen and oxygen atoms in total. The molecule has 2 aromatic carbocycles. The molecule has 8 heteroatoms. The topological polar surface area (TPSA) is 59.0 Å². The van der Waals surface area contributed by atoms with Crippen molar-refractivity contribution in [3.63, 3.8) is 0 Å². The first kappa shape index (κ1) is 20.0. The predicted octanol–water partition coefficient (Wildman–Crippen LogP) is 4.82. The van der Waals surface area contributed by atoms with Gasteiger partial charge in [-0.1, -0.05) is 6.07 Å². The Bertz CT molecular complexity index is 1060. The Morgan fingerprint density at radius 3 is 2.67 bits per heavy atom. The quantitative estimate of drug-likeness (QED) is 0.629. The van der Waals surface area contributed by atoms with Crippen molar-refractivity contribution in [2.45, 2.75) is 38.4 Å². The molecule has 30 heavy (non-hydrogen) atoms. The van der Waals surface area contributed by atoms with Crippen molar-refractivity contribution < 1.29 is 18.0 Å². The Balaban J connectivity index is 1.55. The van der Waals surface area contributed by atoms with E-state index >= 15 is 0 Å². The minimum Gasteiger partial charge on any atom is -0.374 e. The average molecular weight is 414 g/mol. The number of nitrogens with zero attached hydrogens (tertiary/aromatic N) is 2. The van der Waals surface area contributed by atoms with Gasteiger partial charge >= 0.3 is 6.18 Å². The van der Waals surface area contributed by atoms with Gasteiger partial charge in [-0.25, -0.2) is 4.98 Å². The van der Waals surface area contributed by atoms with Crippen molar-refractivity contribution in [3.8, 4) is 5.69 Å². The summed E-state index contributed by atoms with van der Waals surface area (Å²) in [5.41, 5.74) is 3.05. The molecule has 0 fully saturated rings. The van der Waals surface area contributed by atoms with Crippen LogP contribution in [-0.2, 0) is 23.8 Å². The molecule has 0 aliphatic heterocycles. The number of imidazole rings is 1. The summed E-state index contributed by atoms with van der Waals surface area (Å²) in [4.78, 5) is 16.7. The van der Waals surface area contributed by atoms with Gasteiger partial charge in [0, 0.05) is 18.1 Å². The van der Waals surface area contributed by atoms with E-state index in [-0.39, 0.29) is 5.69 Å². The van der Waals surface area contributed by atoms with Crippen LogP contribution in [0.2, 0.25) is 0 Å². The lowest BCUT2D eigenvalue weighted by atomic mass is 10.1. The molecule has 1 aliphatic rings. The second kappa shape index (κ2) is 7.85. The number of aryl methyl sites for hydroxylation is 2. The third-order valence-electron chi connectivity index (χ3n) is 5.24. The largest absolute Gasteiger partial charge is 0.416 e. The number of hydrogen-bond acceptors (Lipinski definition) is 3.